The van der Waals surface area contributed by atoms with Crippen molar-refractivity contribution in [3.05, 3.63) is 63.5 Å². The molecular formula is C24H21Cl2F3N4O5. The van der Waals surface area contributed by atoms with E-state index in [2.05, 4.69) is 20.8 Å². The molecule has 1 aromatic heterocycles. The molecule has 0 aliphatic carbocycles. The molecular weight excluding hydrogens is 552 g/mol. The molecule has 1 fully saturated rings. The van der Waals surface area contributed by atoms with Crippen LogP contribution in [0.5, 0.6) is 5.75 Å². The highest BCUT2D eigenvalue weighted by Gasteiger charge is 2.48. The van der Waals surface area contributed by atoms with Gasteiger partial charge >= 0.3 is 11.8 Å². The summed E-state index contributed by atoms with van der Waals surface area (Å²) in [5.74, 6) is -1.96. The van der Waals surface area contributed by atoms with Crippen molar-refractivity contribution >= 4 is 35.0 Å². The molecule has 0 saturated carbocycles. The van der Waals surface area contributed by atoms with Crippen LogP contribution in [0.2, 0.25) is 10.0 Å². The molecule has 14 heteroatoms. The Hall–Kier alpha value is -3.35. The van der Waals surface area contributed by atoms with Crippen molar-refractivity contribution in [2.45, 2.75) is 25.3 Å². The minimum atomic E-state index is -2.73. The number of rotatable bonds is 10. The predicted molar refractivity (Wildman–Crippen MR) is 130 cm³/mol. The van der Waals surface area contributed by atoms with Crippen molar-refractivity contribution in [2.24, 2.45) is 0 Å². The predicted octanol–water partition coefficient (Wildman–Crippen LogP) is 3.99. The standard InChI is InChI=1S/C24H21Cl2F3N4O5/c1-12-32-33-22(38-12)21(34)31-24(10-36-11-24)23(35)30-5-4-13-2-3-14(6-18(13)27)16-7-15(25)8-17(26)20(16)37-9-19(28)29/h2-3,6-8,19H,4-5,9-11H2,1H3,(H,30,35)(H,31,34). The molecule has 2 amide bonds. The van der Waals surface area contributed by atoms with Gasteiger partial charge in [-0.1, -0.05) is 35.3 Å². The molecule has 9 nitrogen and oxygen atoms in total. The molecule has 2 N–H and O–H groups in total. The first-order valence-electron chi connectivity index (χ1n) is 11.3. The Morgan fingerprint density at radius 1 is 1.18 bits per heavy atom. The number of amides is 2. The topological polar surface area (TPSA) is 116 Å². The van der Waals surface area contributed by atoms with Crippen LogP contribution >= 0.6 is 23.2 Å². The van der Waals surface area contributed by atoms with Crippen LogP contribution < -0.4 is 15.4 Å². The van der Waals surface area contributed by atoms with Gasteiger partial charge in [0.15, 0.2) is 5.54 Å². The van der Waals surface area contributed by atoms with E-state index in [9.17, 15) is 22.8 Å². The highest BCUT2D eigenvalue weighted by Crippen LogP contribution is 2.39. The Morgan fingerprint density at radius 3 is 2.55 bits per heavy atom. The van der Waals surface area contributed by atoms with E-state index in [1.54, 1.807) is 6.07 Å². The lowest BCUT2D eigenvalue weighted by Crippen LogP contribution is -2.70. The van der Waals surface area contributed by atoms with Crippen LogP contribution in [-0.2, 0) is 16.0 Å². The SMILES string of the molecule is Cc1nnc(C(=O)NC2(C(=O)NCCc3ccc(-c4cc(Cl)cc(Cl)c4OCC(F)F)cc3F)COC2)o1. The molecule has 1 saturated heterocycles. The number of ether oxygens (including phenoxy) is 2. The first kappa shape index (κ1) is 27.7. The first-order chi connectivity index (χ1) is 18.1. The van der Waals surface area contributed by atoms with Crippen LogP contribution in [0.4, 0.5) is 13.2 Å². The third-order valence-corrected chi connectivity index (χ3v) is 6.11. The van der Waals surface area contributed by atoms with Gasteiger partial charge in [-0.2, -0.15) is 0 Å². The van der Waals surface area contributed by atoms with Gasteiger partial charge in [0.25, 0.3) is 12.3 Å². The number of hydrogen-bond donors (Lipinski definition) is 2. The molecule has 0 bridgehead atoms. The third kappa shape index (κ3) is 6.20. The third-order valence-electron chi connectivity index (χ3n) is 5.61. The minimum Gasteiger partial charge on any atom is -0.485 e. The van der Waals surface area contributed by atoms with Gasteiger partial charge in [0.05, 0.1) is 18.2 Å². The van der Waals surface area contributed by atoms with Crippen LogP contribution in [0.1, 0.15) is 22.1 Å². The lowest BCUT2D eigenvalue weighted by molar-refractivity contribution is -0.146. The molecule has 0 unspecified atom stereocenters. The van der Waals surface area contributed by atoms with Gasteiger partial charge in [-0.15, -0.1) is 10.2 Å². The number of carbonyl (C=O) groups is 2. The number of aryl methyl sites for hydroxylation is 1. The van der Waals surface area contributed by atoms with E-state index in [-0.39, 0.29) is 64.9 Å². The van der Waals surface area contributed by atoms with Crippen molar-refractivity contribution in [3.8, 4) is 16.9 Å². The van der Waals surface area contributed by atoms with Crippen molar-refractivity contribution in [2.75, 3.05) is 26.4 Å². The van der Waals surface area contributed by atoms with Gasteiger partial charge in [0.1, 0.15) is 18.2 Å². The zero-order valence-electron chi connectivity index (χ0n) is 19.8. The summed E-state index contributed by atoms with van der Waals surface area (Å²) < 4.78 is 55.6. The van der Waals surface area contributed by atoms with Crippen molar-refractivity contribution in [1.82, 2.24) is 20.8 Å². The maximum atomic E-state index is 14.9. The van der Waals surface area contributed by atoms with Crippen LogP contribution in [0, 0.1) is 12.7 Å². The van der Waals surface area contributed by atoms with Gasteiger partial charge < -0.3 is 24.5 Å². The van der Waals surface area contributed by atoms with Gasteiger partial charge in [-0.3, -0.25) is 9.59 Å². The summed E-state index contributed by atoms with van der Waals surface area (Å²) in [6, 6.07) is 7.02. The normalized spacial score (nSPS) is 14.2. The zero-order valence-corrected chi connectivity index (χ0v) is 21.3. The van der Waals surface area contributed by atoms with E-state index in [1.807, 2.05) is 0 Å². The minimum absolute atomic E-state index is 0.00978. The molecule has 38 heavy (non-hydrogen) atoms. The summed E-state index contributed by atoms with van der Waals surface area (Å²) in [5.41, 5.74) is -0.474. The van der Waals surface area contributed by atoms with Gasteiger partial charge in [-0.05, 0) is 35.7 Å². The average molecular weight is 573 g/mol. The van der Waals surface area contributed by atoms with Gasteiger partial charge in [0, 0.05) is 24.1 Å². The molecule has 0 spiro atoms. The molecule has 4 rings (SSSR count). The number of nitrogens with one attached hydrogen (secondary N) is 2. The van der Waals surface area contributed by atoms with E-state index in [1.165, 1.54) is 31.2 Å². The summed E-state index contributed by atoms with van der Waals surface area (Å²) in [6.07, 6.45) is -2.61. The summed E-state index contributed by atoms with van der Waals surface area (Å²) >= 11 is 12.2. The fraction of sp³-hybridized carbons (Fsp3) is 0.333. The molecule has 2 aromatic carbocycles. The summed E-state index contributed by atoms with van der Waals surface area (Å²) in [7, 11) is 0. The fourth-order valence-corrected chi connectivity index (χ4v) is 4.24. The number of nitrogens with zero attached hydrogens (tertiary/aromatic N) is 2. The molecule has 0 atom stereocenters. The highest BCUT2D eigenvalue weighted by molar-refractivity contribution is 6.36. The number of aromatic nitrogens is 2. The smallest absolute Gasteiger partial charge is 0.309 e. The second-order valence-electron chi connectivity index (χ2n) is 8.43. The second kappa shape index (κ2) is 11.6. The molecule has 1 aliphatic rings. The first-order valence-corrected chi connectivity index (χ1v) is 12.0. The largest absolute Gasteiger partial charge is 0.485 e. The van der Waals surface area contributed by atoms with E-state index >= 15 is 0 Å². The number of benzene rings is 2. The van der Waals surface area contributed by atoms with Crippen LogP contribution in [0.25, 0.3) is 11.1 Å². The fourth-order valence-electron chi connectivity index (χ4n) is 3.69. The Labute approximate surface area is 224 Å². The van der Waals surface area contributed by atoms with Gasteiger partial charge in [0.2, 0.25) is 5.89 Å². The quantitative estimate of drug-likeness (QED) is 0.377. The molecule has 0 radical (unpaired) electrons. The highest BCUT2D eigenvalue weighted by atomic mass is 35.5. The summed E-state index contributed by atoms with van der Waals surface area (Å²) in [6.45, 7) is 0.570. The monoisotopic (exact) mass is 572 g/mol. The molecule has 2 heterocycles. The second-order valence-corrected chi connectivity index (χ2v) is 9.28. The summed E-state index contributed by atoms with van der Waals surface area (Å²) in [5, 5.41) is 12.6. The van der Waals surface area contributed by atoms with Crippen molar-refractivity contribution in [3.63, 3.8) is 0 Å². The Morgan fingerprint density at radius 2 is 1.95 bits per heavy atom. The maximum Gasteiger partial charge on any atom is 0.309 e. The van der Waals surface area contributed by atoms with Crippen molar-refractivity contribution in [1.29, 1.82) is 0 Å². The number of alkyl halides is 2. The zero-order chi connectivity index (χ0) is 27.4. The van der Waals surface area contributed by atoms with Crippen LogP contribution in [-0.4, -0.2) is 60.3 Å². The summed E-state index contributed by atoms with van der Waals surface area (Å²) in [4.78, 5) is 25.1. The lowest BCUT2D eigenvalue weighted by atomic mass is 9.95. The van der Waals surface area contributed by atoms with Crippen LogP contribution in [0.15, 0.2) is 34.7 Å². The van der Waals surface area contributed by atoms with E-state index in [0.29, 0.717) is 5.56 Å². The van der Waals surface area contributed by atoms with E-state index in [0.717, 1.165) is 0 Å². The Balaban J connectivity index is 1.40. The number of carbonyl (C=O) groups excluding carboxylic acids is 2. The van der Waals surface area contributed by atoms with E-state index in [4.69, 9.17) is 37.1 Å². The Kier molecular flexibility index (Phi) is 8.44. The van der Waals surface area contributed by atoms with Crippen LogP contribution in [0.3, 0.4) is 0 Å². The molecule has 3 aromatic rings. The van der Waals surface area contributed by atoms with E-state index < -0.39 is 36.2 Å². The average Bonchev–Trinajstić information content (AvgIpc) is 3.27. The molecule has 202 valence electrons. The number of hydrogen-bond acceptors (Lipinski definition) is 7. The Bertz CT molecular complexity index is 1350. The van der Waals surface area contributed by atoms with Crippen molar-refractivity contribution < 1.29 is 36.7 Å². The maximum absolute atomic E-state index is 14.9. The van der Waals surface area contributed by atoms with Gasteiger partial charge in [-0.25, -0.2) is 13.2 Å². The molecule has 1 aliphatic heterocycles. The number of halogens is 5. The lowest BCUT2D eigenvalue weighted by Gasteiger charge is -2.39.